The normalized spacial score (nSPS) is 11.0. The summed E-state index contributed by atoms with van der Waals surface area (Å²) in [5.74, 6) is 0.814. The molecule has 94 valence electrons. The molecule has 0 amide bonds. The van der Waals surface area contributed by atoms with E-state index in [1.807, 2.05) is 19.1 Å². The van der Waals surface area contributed by atoms with E-state index in [0.29, 0.717) is 6.61 Å². The highest BCUT2D eigenvalue weighted by Crippen LogP contribution is 2.16. The van der Waals surface area contributed by atoms with Crippen molar-refractivity contribution in [3.05, 3.63) is 35.1 Å². The van der Waals surface area contributed by atoms with Crippen LogP contribution in [0.5, 0.6) is 5.75 Å². The fourth-order valence-electron chi connectivity index (χ4n) is 1.41. The van der Waals surface area contributed by atoms with Gasteiger partial charge in [-0.3, -0.25) is 4.98 Å². The van der Waals surface area contributed by atoms with Gasteiger partial charge in [-0.2, -0.15) is 0 Å². The zero-order valence-corrected chi connectivity index (χ0v) is 11.1. The Hall–Kier alpha value is -1.06. The molecule has 4 heteroatoms. The number of aryl methyl sites for hydroxylation is 1. The van der Waals surface area contributed by atoms with Crippen LogP contribution < -0.4 is 10.1 Å². The lowest BCUT2D eigenvalue weighted by atomic mass is 10.2. The van der Waals surface area contributed by atoms with E-state index in [2.05, 4.69) is 17.2 Å². The second kappa shape index (κ2) is 8.09. The summed E-state index contributed by atoms with van der Waals surface area (Å²) < 4.78 is 5.59. The average Bonchev–Trinajstić information content (AvgIpc) is 2.32. The lowest BCUT2D eigenvalue weighted by molar-refractivity contribution is 0.355. The van der Waals surface area contributed by atoms with E-state index in [1.165, 1.54) is 5.54 Å². The Labute approximate surface area is 108 Å². The first-order chi connectivity index (χ1) is 8.27. The maximum atomic E-state index is 5.59. The van der Waals surface area contributed by atoms with Gasteiger partial charge in [-0.15, -0.1) is 0 Å². The van der Waals surface area contributed by atoms with Crippen molar-refractivity contribution in [3.63, 3.8) is 0 Å². The van der Waals surface area contributed by atoms with Gasteiger partial charge in [-0.25, -0.2) is 0 Å². The van der Waals surface area contributed by atoms with Gasteiger partial charge in [0.2, 0.25) is 0 Å². The Morgan fingerprint density at radius 1 is 1.47 bits per heavy atom. The Balaban J connectivity index is 2.65. The van der Waals surface area contributed by atoms with Gasteiger partial charge in [0.1, 0.15) is 12.4 Å². The SMILES string of the molecule is CCCNCc1nc(C)ccc1OCC=CCl. The minimum atomic E-state index is 0.467. The zero-order valence-electron chi connectivity index (χ0n) is 10.4. The number of nitrogens with one attached hydrogen (secondary N) is 1. The van der Waals surface area contributed by atoms with E-state index in [4.69, 9.17) is 16.3 Å². The third-order valence-electron chi connectivity index (χ3n) is 2.22. The minimum absolute atomic E-state index is 0.467. The summed E-state index contributed by atoms with van der Waals surface area (Å²) in [4.78, 5) is 4.48. The van der Waals surface area contributed by atoms with Gasteiger partial charge in [0, 0.05) is 17.8 Å². The molecule has 0 bridgehead atoms. The van der Waals surface area contributed by atoms with Crippen LogP contribution in [-0.2, 0) is 6.54 Å². The topological polar surface area (TPSA) is 34.2 Å². The molecule has 0 aliphatic rings. The summed E-state index contributed by atoms with van der Waals surface area (Å²) in [6.07, 6.45) is 2.86. The molecule has 1 rings (SSSR count). The molecule has 0 fully saturated rings. The van der Waals surface area contributed by atoms with Crippen LogP contribution in [0.4, 0.5) is 0 Å². The second-order valence-electron chi connectivity index (χ2n) is 3.75. The standard InChI is InChI=1S/C13H19ClN2O/c1-3-8-15-10-12-13(17-9-4-7-14)6-5-11(2)16-12/h4-7,15H,3,8-10H2,1-2H3. The highest BCUT2D eigenvalue weighted by molar-refractivity contribution is 6.25. The van der Waals surface area contributed by atoms with Gasteiger partial charge >= 0.3 is 0 Å². The molecule has 0 aromatic carbocycles. The van der Waals surface area contributed by atoms with Crippen molar-refractivity contribution in [1.29, 1.82) is 0 Å². The maximum Gasteiger partial charge on any atom is 0.142 e. The summed E-state index contributed by atoms with van der Waals surface area (Å²) in [6.45, 7) is 6.30. The van der Waals surface area contributed by atoms with Crippen LogP contribution in [-0.4, -0.2) is 18.1 Å². The van der Waals surface area contributed by atoms with Crippen molar-refractivity contribution in [2.24, 2.45) is 0 Å². The van der Waals surface area contributed by atoms with Crippen molar-refractivity contribution < 1.29 is 4.74 Å². The number of hydrogen-bond acceptors (Lipinski definition) is 3. The van der Waals surface area contributed by atoms with Crippen LogP contribution in [0.2, 0.25) is 0 Å². The molecule has 1 aromatic rings. The molecule has 1 heterocycles. The first kappa shape index (κ1) is 14.0. The molecular weight excluding hydrogens is 236 g/mol. The summed E-state index contributed by atoms with van der Waals surface area (Å²) in [7, 11) is 0. The van der Waals surface area contributed by atoms with Crippen LogP contribution in [0.15, 0.2) is 23.7 Å². The first-order valence-electron chi connectivity index (χ1n) is 5.83. The van der Waals surface area contributed by atoms with Gasteiger partial charge in [0.05, 0.1) is 5.69 Å². The summed E-state index contributed by atoms with van der Waals surface area (Å²) in [6, 6.07) is 3.90. The number of pyridine rings is 1. The van der Waals surface area contributed by atoms with Crippen LogP contribution in [0, 0.1) is 6.92 Å². The van der Waals surface area contributed by atoms with Crippen LogP contribution in [0.25, 0.3) is 0 Å². The molecule has 0 aliphatic heterocycles. The maximum absolute atomic E-state index is 5.59. The predicted molar refractivity (Wildman–Crippen MR) is 71.5 cm³/mol. The van der Waals surface area contributed by atoms with Crippen LogP contribution in [0.3, 0.4) is 0 Å². The van der Waals surface area contributed by atoms with Gasteiger partial charge < -0.3 is 10.1 Å². The Kier molecular flexibility index (Phi) is 6.67. The third-order valence-corrected chi connectivity index (χ3v) is 2.39. The molecule has 1 aromatic heterocycles. The van der Waals surface area contributed by atoms with Crippen molar-refractivity contribution in [3.8, 4) is 5.75 Å². The number of nitrogens with zero attached hydrogens (tertiary/aromatic N) is 1. The number of aromatic nitrogens is 1. The highest BCUT2D eigenvalue weighted by Gasteiger charge is 2.04. The molecule has 0 aliphatic carbocycles. The number of ether oxygens (including phenoxy) is 1. The largest absolute Gasteiger partial charge is 0.488 e. The van der Waals surface area contributed by atoms with Crippen molar-refractivity contribution in [2.45, 2.75) is 26.8 Å². The molecule has 0 spiro atoms. The number of rotatable bonds is 7. The molecule has 1 N–H and O–H groups in total. The smallest absolute Gasteiger partial charge is 0.142 e. The van der Waals surface area contributed by atoms with Crippen molar-refractivity contribution >= 4 is 11.6 Å². The average molecular weight is 255 g/mol. The number of hydrogen-bond donors (Lipinski definition) is 1. The Bertz CT molecular complexity index is 366. The Morgan fingerprint density at radius 2 is 2.29 bits per heavy atom. The Morgan fingerprint density at radius 3 is 3.00 bits per heavy atom. The van der Waals surface area contributed by atoms with E-state index in [1.54, 1.807) is 6.08 Å². The van der Waals surface area contributed by atoms with Gasteiger partial charge in [0.15, 0.2) is 0 Å². The zero-order chi connectivity index (χ0) is 12.5. The van der Waals surface area contributed by atoms with E-state index in [0.717, 1.165) is 36.6 Å². The van der Waals surface area contributed by atoms with Crippen LogP contribution >= 0.6 is 11.6 Å². The van der Waals surface area contributed by atoms with Gasteiger partial charge in [-0.1, -0.05) is 18.5 Å². The van der Waals surface area contributed by atoms with E-state index < -0.39 is 0 Å². The van der Waals surface area contributed by atoms with Crippen molar-refractivity contribution in [1.82, 2.24) is 10.3 Å². The van der Waals surface area contributed by atoms with Gasteiger partial charge in [-0.05, 0) is 38.1 Å². The monoisotopic (exact) mass is 254 g/mol. The molecule has 0 saturated carbocycles. The third kappa shape index (κ3) is 5.20. The molecular formula is C13H19ClN2O. The fraction of sp³-hybridized carbons (Fsp3) is 0.462. The van der Waals surface area contributed by atoms with Crippen molar-refractivity contribution in [2.75, 3.05) is 13.2 Å². The molecule has 0 unspecified atom stereocenters. The molecule has 0 atom stereocenters. The fourth-order valence-corrected chi connectivity index (χ4v) is 1.49. The lowest BCUT2D eigenvalue weighted by Gasteiger charge is -2.10. The van der Waals surface area contributed by atoms with Crippen LogP contribution in [0.1, 0.15) is 24.7 Å². The molecule has 17 heavy (non-hydrogen) atoms. The predicted octanol–water partition coefficient (Wildman–Crippen LogP) is 3.02. The second-order valence-corrected chi connectivity index (χ2v) is 4.00. The molecule has 0 radical (unpaired) electrons. The summed E-state index contributed by atoms with van der Waals surface area (Å²) in [5.41, 5.74) is 3.40. The van der Waals surface area contributed by atoms with E-state index in [9.17, 15) is 0 Å². The lowest BCUT2D eigenvalue weighted by Crippen LogP contribution is -2.16. The summed E-state index contributed by atoms with van der Waals surface area (Å²) in [5, 5.41) is 3.32. The summed E-state index contributed by atoms with van der Waals surface area (Å²) >= 11 is 5.45. The molecule has 3 nitrogen and oxygen atoms in total. The van der Waals surface area contributed by atoms with Gasteiger partial charge in [0.25, 0.3) is 0 Å². The highest BCUT2D eigenvalue weighted by atomic mass is 35.5. The van der Waals surface area contributed by atoms with E-state index >= 15 is 0 Å². The minimum Gasteiger partial charge on any atom is -0.488 e. The number of halogens is 1. The quantitative estimate of drug-likeness (QED) is 0.760. The van der Waals surface area contributed by atoms with E-state index in [-0.39, 0.29) is 0 Å². The first-order valence-corrected chi connectivity index (χ1v) is 6.26. The molecule has 0 saturated heterocycles.